The van der Waals surface area contributed by atoms with Crippen molar-refractivity contribution in [1.29, 1.82) is 0 Å². The van der Waals surface area contributed by atoms with Gasteiger partial charge in [0.05, 0.1) is 15.7 Å². The van der Waals surface area contributed by atoms with E-state index in [1.165, 1.54) is 59.1 Å². The number of aliphatic hydroxyl groups excluding tert-OH is 1. The van der Waals surface area contributed by atoms with Crippen LogP contribution in [0.4, 0.5) is 5.69 Å². The maximum atomic E-state index is 12.2. The number of pyridine rings is 1. The lowest BCUT2D eigenvalue weighted by molar-refractivity contribution is -0.119. The summed E-state index contributed by atoms with van der Waals surface area (Å²) in [6.45, 7) is 11.5. The fourth-order valence-corrected chi connectivity index (χ4v) is 5.22. The van der Waals surface area contributed by atoms with Crippen LogP contribution in [0.1, 0.15) is 75.1 Å². The highest BCUT2D eigenvalue weighted by Crippen LogP contribution is 2.52. The number of anilines is 1. The minimum Gasteiger partial charge on any atom is -0.503 e. The Labute approximate surface area is 211 Å². The van der Waals surface area contributed by atoms with Gasteiger partial charge in [-0.05, 0) is 65.3 Å². The number of halogens is 2. The van der Waals surface area contributed by atoms with Crippen molar-refractivity contribution in [3.05, 3.63) is 80.3 Å². The maximum absolute atomic E-state index is 12.2. The van der Waals surface area contributed by atoms with Crippen LogP contribution in [0.25, 0.3) is 0 Å². The second-order valence-corrected chi connectivity index (χ2v) is 11.4. The number of aryl methyl sites for hydroxylation is 1. The Hall–Kier alpha value is -2.50. The highest BCUT2D eigenvalue weighted by Gasteiger charge is 2.39. The van der Waals surface area contributed by atoms with Gasteiger partial charge in [0.15, 0.2) is 5.76 Å². The molecule has 7 heteroatoms. The number of allylic oxidation sites excluding steroid dienone is 3. The predicted molar refractivity (Wildman–Crippen MR) is 139 cm³/mol. The number of nitrogens with zero attached hydrogens (tertiary/aromatic N) is 1. The van der Waals surface area contributed by atoms with Crippen LogP contribution in [0.2, 0.25) is 10.0 Å². The van der Waals surface area contributed by atoms with Crippen molar-refractivity contribution < 1.29 is 9.90 Å². The number of carbonyl (C=O) groups is 1. The molecule has 0 bridgehead atoms. The second-order valence-electron chi connectivity index (χ2n) is 10.6. The third-order valence-corrected chi connectivity index (χ3v) is 7.76. The Balaban J connectivity index is 1.47. The number of fused-ring (bicyclic) bond motifs is 1. The normalized spacial score (nSPS) is 21.7. The zero-order valence-corrected chi connectivity index (χ0v) is 21.7. The van der Waals surface area contributed by atoms with Gasteiger partial charge < -0.3 is 5.11 Å². The van der Waals surface area contributed by atoms with Gasteiger partial charge in [0.25, 0.3) is 0 Å². The fourth-order valence-electron chi connectivity index (χ4n) is 4.76. The predicted octanol–water partition coefficient (Wildman–Crippen LogP) is 7.04. The molecule has 1 atom stereocenters. The third kappa shape index (κ3) is 4.82. The summed E-state index contributed by atoms with van der Waals surface area (Å²) >= 11 is 12.0. The summed E-state index contributed by atoms with van der Waals surface area (Å²) in [6.07, 6.45) is 9.37. The molecule has 180 valence electrons. The number of hydrogen-bond acceptors (Lipinski definition) is 4. The van der Waals surface area contributed by atoms with Crippen molar-refractivity contribution in [1.82, 2.24) is 10.4 Å². The van der Waals surface area contributed by atoms with E-state index in [-0.39, 0.29) is 20.9 Å². The highest BCUT2D eigenvalue weighted by molar-refractivity contribution is 6.38. The van der Waals surface area contributed by atoms with Crippen molar-refractivity contribution in [2.75, 3.05) is 5.43 Å². The molecular weight excluding hydrogens is 469 g/mol. The summed E-state index contributed by atoms with van der Waals surface area (Å²) in [7, 11) is 0. The van der Waals surface area contributed by atoms with Crippen molar-refractivity contribution in [3.8, 4) is 0 Å². The van der Waals surface area contributed by atoms with Gasteiger partial charge in [-0.1, -0.05) is 74.7 Å². The van der Waals surface area contributed by atoms with Gasteiger partial charge in [0.1, 0.15) is 0 Å². The van der Waals surface area contributed by atoms with E-state index in [9.17, 15) is 9.90 Å². The minimum absolute atomic E-state index is 0.163. The molecule has 1 unspecified atom stereocenters. The average Bonchev–Trinajstić information content (AvgIpc) is 3.54. The van der Waals surface area contributed by atoms with E-state index in [0.29, 0.717) is 11.6 Å². The molecule has 2 aliphatic rings. The Morgan fingerprint density at radius 2 is 1.68 bits per heavy atom. The molecule has 0 radical (unpaired) electrons. The fraction of sp³-hybridized carbons (Fsp3) is 0.407. The smallest absolute Gasteiger partial charge is 0.304 e. The lowest BCUT2D eigenvalue weighted by Crippen LogP contribution is -2.34. The monoisotopic (exact) mass is 499 g/mol. The molecule has 1 aromatic carbocycles. The molecule has 2 aromatic rings. The number of hydrazine groups is 1. The van der Waals surface area contributed by atoms with Crippen LogP contribution in [0.5, 0.6) is 0 Å². The first kappa shape index (κ1) is 24.6. The topological polar surface area (TPSA) is 74.2 Å². The van der Waals surface area contributed by atoms with Crippen LogP contribution in [0, 0.1) is 6.92 Å². The van der Waals surface area contributed by atoms with Gasteiger partial charge in [0.2, 0.25) is 0 Å². The SMILES string of the molecule is Cc1cc2c(cc1C1C/C1=C\C=C(/O)C(=O)NNc1c(Cl)cncc1Cl)C(C)(C)CCC2(C)C. The summed E-state index contributed by atoms with van der Waals surface area (Å²) in [4.78, 5) is 16.1. The van der Waals surface area contributed by atoms with Gasteiger partial charge in [-0.3, -0.25) is 20.6 Å². The van der Waals surface area contributed by atoms with Crippen LogP contribution in [0.15, 0.2) is 48.0 Å². The van der Waals surface area contributed by atoms with E-state index in [0.717, 1.165) is 6.42 Å². The Kier molecular flexibility index (Phi) is 6.47. The molecule has 0 aliphatic heterocycles. The van der Waals surface area contributed by atoms with Gasteiger partial charge >= 0.3 is 5.91 Å². The number of aromatic nitrogens is 1. The molecule has 1 fully saturated rings. The van der Waals surface area contributed by atoms with Crippen LogP contribution in [-0.2, 0) is 15.6 Å². The van der Waals surface area contributed by atoms with Gasteiger partial charge in [-0.25, -0.2) is 0 Å². The van der Waals surface area contributed by atoms with Gasteiger partial charge in [0, 0.05) is 18.3 Å². The number of rotatable bonds is 5. The molecule has 4 rings (SSSR count). The minimum atomic E-state index is -0.688. The van der Waals surface area contributed by atoms with Crippen molar-refractivity contribution in [2.45, 2.75) is 70.6 Å². The molecule has 0 saturated heterocycles. The largest absolute Gasteiger partial charge is 0.503 e. The molecule has 1 saturated carbocycles. The van der Waals surface area contributed by atoms with Gasteiger partial charge in [-0.2, -0.15) is 0 Å². The molecule has 5 nitrogen and oxygen atoms in total. The summed E-state index contributed by atoms with van der Waals surface area (Å²) in [6, 6.07) is 4.78. The van der Waals surface area contributed by atoms with Crippen LogP contribution in [-0.4, -0.2) is 16.0 Å². The maximum Gasteiger partial charge on any atom is 0.304 e. The van der Waals surface area contributed by atoms with Crippen LogP contribution in [0.3, 0.4) is 0 Å². The van der Waals surface area contributed by atoms with E-state index in [1.54, 1.807) is 0 Å². The summed E-state index contributed by atoms with van der Waals surface area (Å²) in [5.41, 5.74) is 12.5. The van der Waals surface area contributed by atoms with E-state index in [2.05, 4.69) is 62.6 Å². The summed E-state index contributed by atoms with van der Waals surface area (Å²) < 4.78 is 0. The van der Waals surface area contributed by atoms with Crippen LogP contribution >= 0.6 is 23.2 Å². The number of nitrogens with one attached hydrogen (secondary N) is 2. The van der Waals surface area contributed by atoms with Crippen LogP contribution < -0.4 is 10.9 Å². The quantitative estimate of drug-likeness (QED) is 0.234. The summed E-state index contributed by atoms with van der Waals surface area (Å²) in [5, 5.41) is 10.7. The Bertz CT molecular complexity index is 1190. The van der Waals surface area contributed by atoms with E-state index >= 15 is 0 Å². The first-order valence-electron chi connectivity index (χ1n) is 11.5. The van der Waals surface area contributed by atoms with E-state index < -0.39 is 11.7 Å². The molecule has 0 spiro atoms. The van der Waals surface area contributed by atoms with Crippen molar-refractivity contribution in [3.63, 3.8) is 0 Å². The number of benzene rings is 1. The molecule has 2 aliphatic carbocycles. The van der Waals surface area contributed by atoms with E-state index in [1.807, 2.05) is 6.08 Å². The van der Waals surface area contributed by atoms with Crippen molar-refractivity contribution >= 4 is 34.8 Å². The Morgan fingerprint density at radius 3 is 2.29 bits per heavy atom. The molecule has 1 heterocycles. The third-order valence-electron chi connectivity index (χ3n) is 7.18. The zero-order chi connectivity index (χ0) is 24.8. The number of aliphatic hydroxyl groups is 1. The lowest BCUT2D eigenvalue weighted by atomic mass is 9.62. The lowest BCUT2D eigenvalue weighted by Gasteiger charge is -2.42. The second kappa shape index (κ2) is 8.94. The first-order valence-corrected chi connectivity index (χ1v) is 12.3. The van der Waals surface area contributed by atoms with E-state index in [4.69, 9.17) is 23.2 Å². The molecule has 34 heavy (non-hydrogen) atoms. The number of hydrogen-bond donors (Lipinski definition) is 3. The average molecular weight is 500 g/mol. The number of carbonyl (C=O) groups excluding carboxylic acids is 1. The molecule has 1 aromatic heterocycles. The zero-order valence-electron chi connectivity index (χ0n) is 20.2. The van der Waals surface area contributed by atoms with Crippen molar-refractivity contribution in [2.24, 2.45) is 0 Å². The highest BCUT2D eigenvalue weighted by atomic mass is 35.5. The standard InChI is InChI=1S/C27H31Cl2N3O2/c1-15-10-19-20(27(4,5)9-8-26(19,2)3)12-17(15)18-11-16(18)6-7-23(33)25(34)32-31-24-21(28)13-30-14-22(24)29/h6-7,10,12-14,18,33H,8-9,11H2,1-5H3,(H,30,31)(H,32,34)/b16-6+,23-7-. The number of amides is 1. The molecule has 3 N–H and O–H groups in total. The summed E-state index contributed by atoms with van der Waals surface area (Å²) in [5.74, 6) is -0.769. The molecule has 1 amide bonds. The van der Waals surface area contributed by atoms with Gasteiger partial charge in [-0.15, -0.1) is 0 Å². The molecular formula is C27H31Cl2N3O2. The Morgan fingerprint density at radius 1 is 1.09 bits per heavy atom. The first-order chi connectivity index (χ1) is 15.9.